The van der Waals surface area contributed by atoms with E-state index in [1.54, 1.807) is 4.90 Å². The third-order valence-electron chi connectivity index (χ3n) is 3.16. The number of fused-ring (bicyclic) bond motifs is 1. The minimum absolute atomic E-state index is 0.251. The van der Waals surface area contributed by atoms with Gasteiger partial charge in [0.05, 0.1) is 17.9 Å². The number of ether oxygens (including phenoxy) is 1. The Morgan fingerprint density at radius 3 is 2.68 bits per heavy atom. The van der Waals surface area contributed by atoms with Crippen LogP contribution in [0.2, 0.25) is 0 Å². The van der Waals surface area contributed by atoms with E-state index in [2.05, 4.69) is 24.0 Å². The van der Waals surface area contributed by atoms with Crippen LogP contribution < -0.4 is 0 Å². The van der Waals surface area contributed by atoms with E-state index in [4.69, 9.17) is 4.74 Å². The minimum Gasteiger partial charge on any atom is -0.444 e. The predicted molar refractivity (Wildman–Crippen MR) is 73.0 cm³/mol. The quantitative estimate of drug-likeness (QED) is 0.849. The molecule has 1 N–H and O–H groups in total. The van der Waals surface area contributed by atoms with Gasteiger partial charge in [-0.15, -0.1) is 0 Å². The highest BCUT2D eigenvalue weighted by molar-refractivity contribution is 5.68. The van der Waals surface area contributed by atoms with E-state index >= 15 is 0 Å². The number of aromatic nitrogens is 2. The molecule has 1 amide bonds. The molecule has 0 spiro atoms. The topological polar surface area (TPSA) is 58.2 Å². The zero-order valence-corrected chi connectivity index (χ0v) is 12.4. The summed E-state index contributed by atoms with van der Waals surface area (Å²) in [6.45, 7) is 11.2. The number of carbonyl (C=O) groups excluding carboxylic acids is 1. The van der Waals surface area contributed by atoms with E-state index in [1.807, 2.05) is 20.8 Å². The van der Waals surface area contributed by atoms with Crippen LogP contribution in [-0.2, 0) is 17.7 Å². The zero-order valence-electron chi connectivity index (χ0n) is 12.4. The molecule has 1 aromatic rings. The lowest BCUT2D eigenvalue weighted by molar-refractivity contribution is 0.0221. The molecule has 0 bridgehead atoms. The van der Waals surface area contributed by atoms with Crippen LogP contribution in [0.15, 0.2) is 0 Å². The van der Waals surface area contributed by atoms with E-state index in [0.717, 1.165) is 17.8 Å². The molecule has 0 atom stereocenters. The van der Waals surface area contributed by atoms with Gasteiger partial charge in [-0.1, -0.05) is 13.8 Å². The van der Waals surface area contributed by atoms with Gasteiger partial charge in [0.15, 0.2) is 0 Å². The second-order valence-electron chi connectivity index (χ2n) is 6.37. The molecule has 0 radical (unpaired) electrons. The Labute approximate surface area is 114 Å². The average molecular weight is 265 g/mol. The lowest BCUT2D eigenvalue weighted by atomic mass is 9.99. The molecule has 1 aliphatic rings. The van der Waals surface area contributed by atoms with Crippen LogP contribution in [0.25, 0.3) is 0 Å². The third-order valence-corrected chi connectivity index (χ3v) is 3.16. The maximum atomic E-state index is 12.0. The van der Waals surface area contributed by atoms with Gasteiger partial charge < -0.3 is 9.64 Å². The molecular formula is C14H23N3O2. The van der Waals surface area contributed by atoms with E-state index < -0.39 is 5.60 Å². The molecule has 0 unspecified atom stereocenters. The van der Waals surface area contributed by atoms with Gasteiger partial charge in [0, 0.05) is 12.1 Å². The molecule has 106 valence electrons. The summed E-state index contributed by atoms with van der Waals surface area (Å²) in [5.41, 5.74) is 2.99. The van der Waals surface area contributed by atoms with E-state index in [0.29, 0.717) is 19.0 Å². The van der Waals surface area contributed by atoms with Crippen molar-refractivity contribution in [3.8, 4) is 0 Å². The smallest absolute Gasteiger partial charge is 0.410 e. The molecule has 5 heteroatoms. The number of nitrogens with zero attached hydrogens (tertiary/aromatic N) is 2. The summed E-state index contributed by atoms with van der Waals surface area (Å²) in [6, 6.07) is 0. The van der Waals surface area contributed by atoms with Crippen molar-refractivity contribution in [2.45, 2.75) is 59.1 Å². The fraction of sp³-hybridized carbons (Fsp3) is 0.714. The van der Waals surface area contributed by atoms with Crippen molar-refractivity contribution in [2.75, 3.05) is 6.54 Å². The van der Waals surface area contributed by atoms with Crippen molar-refractivity contribution >= 4 is 6.09 Å². The maximum Gasteiger partial charge on any atom is 0.410 e. The molecule has 0 saturated carbocycles. The molecule has 2 rings (SSSR count). The van der Waals surface area contributed by atoms with Gasteiger partial charge in [-0.2, -0.15) is 5.10 Å². The second-order valence-corrected chi connectivity index (χ2v) is 6.37. The Kier molecular flexibility index (Phi) is 3.56. The molecule has 0 fully saturated rings. The zero-order chi connectivity index (χ0) is 14.2. The highest BCUT2D eigenvalue weighted by Gasteiger charge is 2.28. The van der Waals surface area contributed by atoms with Crippen molar-refractivity contribution in [1.82, 2.24) is 15.1 Å². The molecule has 1 aromatic heterocycles. The number of aromatic amines is 1. The lowest BCUT2D eigenvalue weighted by Crippen LogP contribution is -2.40. The number of amides is 1. The number of H-pyrrole nitrogens is 1. The Bertz CT molecular complexity index is 472. The van der Waals surface area contributed by atoms with E-state index in [9.17, 15) is 4.79 Å². The van der Waals surface area contributed by atoms with Crippen LogP contribution >= 0.6 is 0 Å². The SMILES string of the molecule is CC(C)c1n[nH]c2c1CCN(C(=O)OC(C)(C)C)C2. The Morgan fingerprint density at radius 2 is 2.11 bits per heavy atom. The van der Waals surface area contributed by atoms with Crippen LogP contribution in [-0.4, -0.2) is 33.3 Å². The normalized spacial score (nSPS) is 15.6. The summed E-state index contributed by atoms with van der Waals surface area (Å²) in [5.74, 6) is 0.410. The van der Waals surface area contributed by atoms with Gasteiger partial charge in [0.1, 0.15) is 5.60 Å². The summed E-state index contributed by atoms with van der Waals surface area (Å²) < 4.78 is 5.40. The van der Waals surface area contributed by atoms with Crippen LogP contribution in [0.4, 0.5) is 4.79 Å². The van der Waals surface area contributed by atoms with Crippen molar-refractivity contribution < 1.29 is 9.53 Å². The summed E-state index contributed by atoms with van der Waals surface area (Å²) >= 11 is 0. The summed E-state index contributed by atoms with van der Waals surface area (Å²) in [4.78, 5) is 13.8. The summed E-state index contributed by atoms with van der Waals surface area (Å²) in [7, 11) is 0. The first-order valence-corrected chi connectivity index (χ1v) is 6.82. The maximum absolute atomic E-state index is 12.0. The molecule has 1 aliphatic heterocycles. The van der Waals surface area contributed by atoms with E-state index in [-0.39, 0.29) is 6.09 Å². The molecule has 0 aliphatic carbocycles. The van der Waals surface area contributed by atoms with Crippen LogP contribution in [0.3, 0.4) is 0 Å². The number of carbonyl (C=O) groups is 1. The predicted octanol–water partition coefficient (Wildman–Crippen LogP) is 2.83. The first-order chi connectivity index (χ1) is 8.78. The largest absolute Gasteiger partial charge is 0.444 e. The monoisotopic (exact) mass is 265 g/mol. The fourth-order valence-corrected chi connectivity index (χ4v) is 2.30. The summed E-state index contributed by atoms with van der Waals surface area (Å²) in [6.07, 6.45) is 0.595. The second kappa shape index (κ2) is 4.87. The first-order valence-electron chi connectivity index (χ1n) is 6.82. The van der Waals surface area contributed by atoms with Gasteiger partial charge in [-0.3, -0.25) is 5.10 Å². The Balaban J connectivity index is 2.09. The van der Waals surface area contributed by atoms with E-state index in [1.165, 1.54) is 5.56 Å². The van der Waals surface area contributed by atoms with Crippen molar-refractivity contribution in [3.05, 3.63) is 17.0 Å². The fourth-order valence-electron chi connectivity index (χ4n) is 2.30. The van der Waals surface area contributed by atoms with Crippen LogP contribution in [0.5, 0.6) is 0 Å². The number of rotatable bonds is 1. The third kappa shape index (κ3) is 3.08. The number of hydrogen-bond acceptors (Lipinski definition) is 3. The molecule has 0 aromatic carbocycles. The Hall–Kier alpha value is -1.52. The molecule has 19 heavy (non-hydrogen) atoms. The highest BCUT2D eigenvalue weighted by atomic mass is 16.6. The highest BCUT2D eigenvalue weighted by Crippen LogP contribution is 2.26. The Morgan fingerprint density at radius 1 is 1.42 bits per heavy atom. The van der Waals surface area contributed by atoms with Gasteiger partial charge in [0.2, 0.25) is 0 Å². The van der Waals surface area contributed by atoms with Gasteiger partial charge in [-0.25, -0.2) is 4.79 Å². The van der Waals surface area contributed by atoms with Gasteiger partial charge in [-0.05, 0) is 33.1 Å². The standard InChI is InChI=1S/C14H23N3O2/c1-9(2)12-10-6-7-17(8-11(10)15-16-12)13(18)19-14(3,4)5/h9H,6-8H2,1-5H3,(H,15,16). The molecular weight excluding hydrogens is 242 g/mol. The van der Waals surface area contributed by atoms with Crippen LogP contribution in [0.1, 0.15) is 57.5 Å². The van der Waals surface area contributed by atoms with Gasteiger partial charge in [0.25, 0.3) is 0 Å². The molecule has 2 heterocycles. The number of hydrogen-bond donors (Lipinski definition) is 1. The lowest BCUT2D eigenvalue weighted by Gasteiger charge is -2.30. The molecule has 5 nitrogen and oxygen atoms in total. The summed E-state index contributed by atoms with van der Waals surface area (Å²) in [5, 5.41) is 7.42. The molecule has 0 saturated heterocycles. The van der Waals surface area contributed by atoms with Crippen molar-refractivity contribution in [3.63, 3.8) is 0 Å². The van der Waals surface area contributed by atoms with Gasteiger partial charge >= 0.3 is 6.09 Å². The minimum atomic E-state index is -0.450. The first kappa shape index (κ1) is 13.9. The van der Waals surface area contributed by atoms with Crippen molar-refractivity contribution in [1.29, 1.82) is 0 Å². The van der Waals surface area contributed by atoms with Crippen LogP contribution in [0, 0.1) is 0 Å². The number of nitrogens with one attached hydrogen (secondary N) is 1. The average Bonchev–Trinajstić information content (AvgIpc) is 2.68. The van der Waals surface area contributed by atoms with Crippen molar-refractivity contribution in [2.24, 2.45) is 0 Å².